The van der Waals surface area contributed by atoms with Gasteiger partial charge in [0.05, 0.1) is 24.5 Å². The third-order valence-corrected chi connectivity index (χ3v) is 2.91. The minimum absolute atomic E-state index is 0.366. The van der Waals surface area contributed by atoms with Crippen LogP contribution in [0.1, 0.15) is 43.8 Å². The van der Waals surface area contributed by atoms with Crippen LogP contribution in [0.15, 0.2) is 27.8 Å². The van der Waals surface area contributed by atoms with Crippen LogP contribution in [0.4, 0.5) is 0 Å². The predicted octanol–water partition coefficient (Wildman–Crippen LogP) is 1.78. The molecule has 2 heterocycles. The quantitative estimate of drug-likeness (QED) is 0.557. The highest BCUT2D eigenvalue weighted by Crippen LogP contribution is 2.13. The Kier molecular flexibility index (Phi) is 5.36. The number of aliphatic imine (C=N–C) groups is 1. The first-order valence-corrected chi connectivity index (χ1v) is 7.15. The number of hydrogen-bond acceptors (Lipinski definition) is 4. The van der Waals surface area contributed by atoms with Gasteiger partial charge in [-0.2, -0.15) is 5.10 Å². The first-order chi connectivity index (χ1) is 10.2. The zero-order chi connectivity index (χ0) is 15.1. The predicted molar refractivity (Wildman–Crippen MR) is 80.8 cm³/mol. The van der Waals surface area contributed by atoms with Crippen molar-refractivity contribution in [2.24, 2.45) is 4.99 Å². The molecule has 0 aliphatic carbocycles. The van der Waals surface area contributed by atoms with Crippen molar-refractivity contribution in [3.05, 3.63) is 35.5 Å². The van der Waals surface area contributed by atoms with Crippen molar-refractivity contribution in [3.63, 3.8) is 0 Å². The van der Waals surface area contributed by atoms with Crippen LogP contribution in [0.25, 0.3) is 0 Å². The standard InChI is InChI=1S/C14H22N6O/c1-4-15-14(16-8-11-5-6-18-19-11)17-9-12-7-13(10(2)3)20-21-12/h5-7,10H,4,8-9H2,1-3H3,(H,18,19)(H2,15,16,17). The lowest BCUT2D eigenvalue weighted by Crippen LogP contribution is -2.36. The van der Waals surface area contributed by atoms with E-state index in [1.165, 1.54) is 0 Å². The lowest BCUT2D eigenvalue weighted by molar-refractivity contribution is 0.372. The molecule has 0 bridgehead atoms. The van der Waals surface area contributed by atoms with E-state index >= 15 is 0 Å². The van der Waals surface area contributed by atoms with Gasteiger partial charge in [0.2, 0.25) is 0 Å². The molecule has 0 radical (unpaired) electrons. The maximum Gasteiger partial charge on any atom is 0.192 e. The summed E-state index contributed by atoms with van der Waals surface area (Å²) in [4.78, 5) is 4.47. The maximum atomic E-state index is 5.29. The summed E-state index contributed by atoms with van der Waals surface area (Å²) in [5.74, 6) is 1.89. The van der Waals surface area contributed by atoms with Gasteiger partial charge in [0, 0.05) is 18.8 Å². The van der Waals surface area contributed by atoms with Gasteiger partial charge in [0.25, 0.3) is 0 Å². The summed E-state index contributed by atoms with van der Waals surface area (Å²) in [5, 5.41) is 17.2. The normalized spacial score (nSPS) is 11.9. The van der Waals surface area contributed by atoms with Crippen LogP contribution in [0.2, 0.25) is 0 Å². The van der Waals surface area contributed by atoms with E-state index in [-0.39, 0.29) is 0 Å². The van der Waals surface area contributed by atoms with Crippen LogP contribution in [0.5, 0.6) is 0 Å². The van der Waals surface area contributed by atoms with Crippen molar-refractivity contribution >= 4 is 5.96 Å². The average Bonchev–Trinajstić information content (AvgIpc) is 3.13. The molecule has 21 heavy (non-hydrogen) atoms. The molecule has 2 aromatic rings. The Hall–Kier alpha value is -2.31. The number of hydrogen-bond donors (Lipinski definition) is 3. The number of aromatic amines is 1. The monoisotopic (exact) mass is 290 g/mol. The van der Waals surface area contributed by atoms with E-state index in [0.717, 1.165) is 29.7 Å². The van der Waals surface area contributed by atoms with Gasteiger partial charge in [-0.3, -0.25) is 5.10 Å². The second kappa shape index (κ2) is 7.47. The summed E-state index contributed by atoms with van der Waals surface area (Å²) in [5.41, 5.74) is 1.93. The summed E-state index contributed by atoms with van der Waals surface area (Å²) in [6.07, 6.45) is 1.72. The molecule has 2 rings (SSSR count). The van der Waals surface area contributed by atoms with E-state index in [4.69, 9.17) is 4.52 Å². The molecule has 3 N–H and O–H groups in total. The molecular formula is C14H22N6O. The summed E-state index contributed by atoms with van der Waals surface area (Å²) in [7, 11) is 0. The Labute approximate surface area is 124 Å². The highest BCUT2D eigenvalue weighted by Gasteiger charge is 2.08. The summed E-state index contributed by atoms with van der Waals surface area (Å²) in [6, 6.07) is 3.87. The van der Waals surface area contributed by atoms with Crippen molar-refractivity contribution in [2.75, 3.05) is 6.54 Å². The third-order valence-electron chi connectivity index (χ3n) is 2.91. The lowest BCUT2D eigenvalue weighted by atomic mass is 10.1. The van der Waals surface area contributed by atoms with Crippen LogP contribution >= 0.6 is 0 Å². The molecule has 7 nitrogen and oxygen atoms in total. The van der Waals surface area contributed by atoms with Crippen molar-refractivity contribution in [1.29, 1.82) is 0 Å². The molecule has 0 aliphatic heterocycles. The molecule has 0 unspecified atom stereocenters. The fraction of sp³-hybridized carbons (Fsp3) is 0.500. The number of H-pyrrole nitrogens is 1. The fourth-order valence-electron chi connectivity index (χ4n) is 1.73. The van der Waals surface area contributed by atoms with Crippen LogP contribution in [-0.4, -0.2) is 27.9 Å². The Bertz CT molecular complexity index is 558. The molecule has 0 amide bonds. The molecule has 0 saturated carbocycles. The van der Waals surface area contributed by atoms with Crippen molar-refractivity contribution in [1.82, 2.24) is 26.0 Å². The van der Waals surface area contributed by atoms with Crippen LogP contribution < -0.4 is 10.6 Å². The Morgan fingerprint density at radius 1 is 1.43 bits per heavy atom. The molecule has 114 valence electrons. The number of nitrogens with one attached hydrogen (secondary N) is 3. The van der Waals surface area contributed by atoms with Crippen LogP contribution in [0.3, 0.4) is 0 Å². The zero-order valence-electron chi connectivity index (χ0n) is 12.7. The molecule has 0 spiro atoms. The second-order valence-electron chi connectivity index (χ2n) is 5.00. The zero-order valence-corrected chi connectivity index (χ0v) is 12.7. The topological polar surface area (TPSA) is 91.1 Å². The van der Waals surface area contributed by atoms with E-state index in [1.807, 2.05) is 19.1 Å². The van der Waals surface area contributed by atoms with Crippen molar-refractivity contribution in [2.45, 2.75) is 39.8 Å². The Morgan fingerprint density at radius 2 is 2.29 bits per heavy atom. The minimum Gasteiger partial charge on any atom is -0.359 e. The number of guanidine groups is 1. The summed E-state index contributed by atoms with van der Waals surface area (Å²) >= 11 is 0. The second-order valence-corrected chi connectivity index (χ2v) is 5.00. The minimum atomic E-state index is 0.366. The van der Waals surface area contributed by atoms with Crippen LogP contribution in [0, 0.1) is 0 Å². The van der Waals surface area contributed by atoms with Gasteiger partial charge in [-0.05, 0) is 18.9 Å². The largest absolute Gasteiger partial charge is 0.359 e. The third kappa shape index (κ3) is 4.62. The van der Waals surface area contributed by atoms with Gasteiger partial charge in [-0.25, -0.2) is 4.99 Å². The fourth-order valence-corrected chi connectivity index (χ4v) is 1.73. The summed E-state index contributed by atoms with van der Waals surface area (Å²) in [6.45, 7) is 8.09. The first-order valence-electron chi connectivity index (χ1n) is 7.15. The SMILES string of the molecule is CCNC(=NCc1ccn[nH]1)NCc1cc(C(C)C)no1. The molecule has 0 fully saturated rings. The molecule has 0 atom stereocenters. The highest BCUT2D eigenvalue weighted by molar-refractivity contribution is 5.79. The van der Waals surface area contributed by atoms with E-state index in [0.29, 0.717) is 19.0 Å². The Morgan fingerprint density at radius 3 is 2.90 bits per heavy atom. The Balaban J connectivity index is 1.91. The van der Waals surface area contributed by atoms with Gasteiger partial charge < -0.3 is 15.2 Å². The smallest absolute Gasteiger partial charge is 0.192 e. The molecule has 0 aromatic carbocycles. The molecule has 7 heteroatoms. The van der Waals surface area contributed by atoms with Gasteiger partial charge in [0.15, 0.2) is 11.7 Å². The van der Waals surface area contributed by atoms with E-state index < -0.39 is 0 Å². The van der Waals surface area contributed by atoms with E-state index in [2.05, 4.69) is 44.8 Å². The van der Waals surface area contributed by atoms with Crippen LogP contribution in [-0.2, 0) is 13.1 Å². The summed E-state index contributed by atoms with van der Waals surface area (Å²) < 4.78 is 5.29. The number of rotatable bonds is 6. The lowest BCUT2D eigenvalue weighted by Gasteiger charge is -2.09. The van der Waals surface area contributed by atoms with Gasteiger partial charge in [-0.15, -0.1) is 0 Å². The number of nitrogens with zero attached hydrogens (tertiary/aromatic N) is 3. The average molecular weight is 290 g/mol. The maximum absolute atomic E-state index is 5.29. The molecule has 0 aliphatic rings. The molecular weight excluding hydrogens is 268 g/mol. The van der Waals surface area contributed by atoms with Gasteiger partial charge >= 0.3 is 0 Å². The van der Waals surface area contributed by atoms with Gasteiger partial charge in [0.1, 0.15) is 0 Å². The number of aromatic nitrogens is 3. The van der Waals surface area contributed by atoms with Crippen molar-refractivity contribution in [3.8, 4) is 0 Å². The highest BCUT2D eigenvalue weighted by atomic mass is 16.5. The molecule has 2 aromatic heterocycles. The van der Waals surface area contributed by atoms with Gasteiger partial charge in [-0.1, -0.05) is 19.0 Å². The first kappa shape index (κ1) is 15.1. The van der Waals surface area contributed by atoms with Crippen molar-refractivity contribution < 1.29 is 4.52 Å². The van der Waals surface area contributed by atoms with E-state index in [1.54, 1.807) is 6.20 Å². The molecule has 0 saturated heterocycles. The van der Waals surface area contributed by atoms with E-state index in [9.17, 15) is 0 Å².